The zero-order valence-corrected chi connectivity index (χ0v) is 16.9. The molecule has 0 spiro atoms. The molecule has 1 aliphatic heterocycles. The van der Waals surface area contributed by atoms with Gasteiger partial charge < -0.3 is 15.0 Å². The third kappa shape index (κ3) is 5.68. The molecule has 2 rings (SSSR count). The zero-order chi connectivity index (χ0) is 19.4. The average molecular weight is 404 g/mol. The molecule has 1 saturated heterocycles. The number of carbonyl (C=O) groups is 2. The minimum atomic E-state index is -3.47. The Hall–Kier alpha value is -1.65. The van der Waals surface area contributed by atoms with Crippen molar-refractivity contribution in [3.8, 4) is 0 Å². The number of hydrogen-bond donors (Lipinski definition) is 1. The van der Waals surface area contributed by atoms with Crippen LogP contribution in [-0.4, -0.2) is 67.9 Å². The highest BCUT2D eigenvalue weighted by Crippen LogP contribution is 2.22. The number of amides is 2. The van der Waals surface area contributed by atoms with Crippen molar-refractivity contribution in [2.24, 2.45) is 0 Å². The molecule has 0 atom stereocenters. The van der Waals surface area contributed by atoms with Crippen molar-refractivity contribution in [3.05, 3.63) is 17.5 Å². The van der Waals surface area contributed by atoms with E-state index in [1.54, 1.807) is 43.2 Å². The number of ether oxygens (including phenoxy) is 1. The van der Waals surface area contributed by atoms with Gasteiger partial charge in [0, 0.05) is 39.1 Å². The molecular weight excluding hydrogens is 378 g/mol. The van der Waals surface area contributed by atoms with Crippen molar-refractivity contribution in [1.29, 1.82) is 0 Å². The second-order valence-corrected chi connectivity index (χ2v) is 10.0. The van der Waals surface area contributed by atoms with Gasteiger partial charge in [0.25, 0.3) is 10.0 Å². The quantitative estimate of drug-likeness (QED) is 0.804. The van der Waals surface area contributed by atoms with Gasteiger partial charge in [0.1, 0.15) is 9.81 Å². The van der Waals surface area contributed by atoms with Crippen molar-refractivity contribution in [1.82, 2.24) is 14.5 Å². The van der Waals surface area contributed by atoms with Crippen LogP contribution in [0.1, 0.15) is 27.2 Å². The number of nitrogens with one attached hydrogen (secondary N) is 1. The second kappa shape index (κ2) is 8.36. The van der Waals surface area contributed by atoms with Crippen LogP contribution in [-0.2, 0) is 19.6 Å². The maximum Gasteiger partial charge on any atom is 0.407 e. The van der Waals surface area contributed by atoms with E-state index in [0.717, 1.165) is 0 Å². The van der Waals surface area contributed by atoms with E-state index < -0.39 is 21.7 Å². The molecule has 0 aromatic carbocycles. The van der Waals surface area contributed by atoms with E-state index in [4.69, 9.17) is 4.74 Å². The number of sulfonamides is 1. The van der Waals surface area contributed by atoms with Gasteiger partial charge in [-0.05, 0) is 32.2 Å². The average Bonchev–Trinajstić information content (AvgIpc) is 3.08. The highest BCUT2D eigenvalue weighted by atomic mass is 32.2. The summed E-state index contributed by atoms with van der Waals surface area (Å²) in [5.74, 6) is -0.116. The van der Waals surface area contributed by atoms with E-state index in [9.17, 15) is 18.0 Å². The lowest BCUT2D eigenvalue weighted by atomic mass is 10.2. The fourth-order valence-electron chi connectivity index (χ4n) is 2.46. The predicted octanol–water partition coefficient (Wildman–Crippen LogP) is 1.50. The van der Waals surface area contributed by atoms with Gasteiger partial charge in [-0.25, -0.2) is 13.2 Å². The Morgan fingerprint density at radius 3 is 2.42 bits per heavy atom. The maximum absolute atomic E-state index is 12.5. The molecule has 2 amide bonds. The Kier molecular flexibility index (Phi) is 6.64. The van der Waals surface area contributed by atoms with E-state index >= 15 is 0 Å². The van der Waals surface area contributed by atoms with Gasteiger partial charge in [0.15, 0.2) is 0 Å². The Morgan fingerprint density at radius 2 is 1.88 bits per heavy atom. The second-order valence-electron chi connectivity index (χ2n) is 6.90. The van der Waals surface area contributed by atoms with Crippen LogP contribution in [0.15, 0.2) is 21.7 Å². The molecule has 1 aromatic heterocycles. The van der Waals surface area contributed by atoms with Crippen LogP contribution in [0, 0.1) is 0 Å². The van der Waals surface area contributed by atoms with Crippen LogP contribution in [0.25, 0.3) is 0 Å². The standard InChI is InChI=1S/C16H25N3O5S2/c1-16(2,3)24-15(21)17-7-6-13(20)18-8-10-19(11-9-18)26(22,23)14-5-4-12-25-14/h4-5,12H,6-11H2,1-3H3,(H,17,21). The molecule has 0 aliphatic carbocycles. The largest absolute Gasteiger partial charge is 0.444 e. The van der Waals surface area contributed by atoms with Crippen LogP contribution in [0.5, 0.6) is 0 Å². The summed E-state index contributed by atoms with van der Waals surface area (Å²) < 4.78 is 31.7. The molecule has 0 saturated carbocycles. The monoisotopic (exact) mass is 403 g/mol. The summed E-state index contributed by atoms with van der Waals surface area (Å²) in [4.78, 5) is 25.4. The molecule has 26 heavy (non-hydrogen) atoms. The smallest absolute Gasteiger partial charge is 0.407 e. The normalized spacial score (nSPS) is 16.3. The van der Waals surface area contributed by atoms with Gasteiger partial charge in [-0.3, -0.25) is 4.79 Å². The van der Waals surface area contributed by atoms with E-state index in [0.29, 0.717) is 17.3 Å². The summed E-state index contributed by atoms with van der Waals surface area (Å²) in [5, 5.41) is 4.27. The van der Waals surface area contributed by atoms with Crippen LogP contribution < -0.4 is 5.32 Å². The van der Waals surface area contributed by atoms with Crippen molar-refractivity contribution >= 4 is 33.4 Å². The number of thiophene rings is 1. The SMILES string of the molecule is CC(C)(C)OC(=O)NCCC(=O)N1CCN(S(=O)(=O)c2cccs2)CC1. The summed E-state index contributed by atoms with van der Waals surface area (Å²) in [6.07, 6.45) is -0.408. The first-order valence-corrected chi connectivity index (χ1v) is 10.7. The topological polar surface area (TPSA) is 96.0 Å². The van der Waals surface area contributed by atoms with E-state index in [1.807, 2.05) is 0 Å². The third-order valence-corrected chi connectivity index (χ3v) is 6.96. The highest BCUT2D eigenvalue weighted by Gasteiger charge is 2.30. The summed E-state index contributed by atoms with van der Waals surface area (Å²) in [5.41, 5.74) is -0.585. The number of nitrogens with zero attached hydrogens (tertiary/aromatic N) is 2. The molecule has 2 heterocycles. The minimum Gasteiger partial charge on any atom is -0.444 e. The van der Waals surface area contributed by atoms with Crippen molar-refractivity contribution in [2.75, 3.05) is 32.7 Å². The minimum absolute atomic E-state index is 0.116. The van der Waals surface area contributed by atoms with Gasteiger partial charge in [0.05, 0.1) is 0 Å². The molecule has 1 N–H and O–H groups in total. The first-order valence-electron chi connectivity index (χ1n) is 8.38. The molecule has 8 nitrogen and oxygen atoms in total. The number of rotatable bonds is 5. The van der Waals surface area contributed by atoms with Gasteiger partial charge in [0.2, 0.25) is 5.91 Å². The molecular formula is C16H25N3O5S2. The number of hydrogen-bond acceptors (Lipinski definition) is 6. The zero-order valence-electron chi connectivity index (χ0n) is 15.2. The highest BCUT2D eigenvalue weighted by molar-refractivity contribution is 7.91. The fourth-order valence-corrected chi connectivity index (χ4v) is 5.03. The summed E-state index contributed by atoms with van der Waals surface area (Å²) >= 11 is 1.19. The molecule has 146 valence electrons. The predicted molar refractivity (Wildman–Crippen MR) is 98.5 cm³/mol. The lowest BCUT2D eigenvalue weighted by Gasteiger charge is -2.33. The first kappa shape index (κ1) is 20.7. The van der Waals surface area contributed by atoms with Gasteiger partial charge in [-0.2, -0.15) is 4.31 Å². The van der Waals surface area contributed by atoms with Crippen LogP contribution in [0.2, 0.25) is 0 Å². The molecule has 0 radical (unpaired) electrons. The van der Waals surface area contributed by atoms with Crippen molar-refractivity contribution in [3.63, 3.8) is 0 Å². The third-order valence-electron chi connectivity index (χ3n) is 3.69. The number of alkyl carbamates (subject to hydrolysis) is 1. The Morgan fingerprint density at radius 1 is 1.23 bits per heavy atom. The summed E-state index contributed by atoms with van der Waals surface area (Å²) in [6.45, 7) is 6.70. The Labute approximate surface area is 158 Å². The first-order chi connectivity index (χ1) is 12.1. The van der Waals surface area contributed by atoms with Crippen molar-refractivity contribution in [2.45, 2.75) is 37.0 Å². The van der Waals surface area contributed by atoms with Gasteiger partial charge in [-0.15, -0.1) is 11.3 Å². The lowest BCUT2D eigenvalue weighted by molar-refractivity contribution is -0.132. The maximum atomic E-state index is 12.5. The Balaban J connectivity index is 1.76. The lowest BCUT2D eigenvalue weighted by Crippen LogP contribution is -2.50. The van der Waals surface area contributed by atoms with Crippen LogP contribution in [0.4, 0.5) is 4.79 Å². The van der Waals surface area contributed by atoms with Gasteiger partial charge in [-0.1, -0.05) is 6.07 Å². The van der Waals surface area contributed by atoms with Crippen molar-refractivity contribution < 1.29 is 22.7 Å². The van der Waals surface area contributed by atoms with Crippen LogP contribution in [0.3, 0.4) is 0 Å². The Bertz CT molecular complexity index is 718. The van der Waals surface area contributed by atoms with Gasteiger partial charge >= 0.3 is 6.09 Å². The fraction of sp³-hybridized carbons (Fsp3) is 0.625. The molecule has 0 bridgehead atoms. The van der Waals surface area contributed by atoms with Crippen LogP contribution >= 0.6 is 11.3 Å². The molecule has 0 unspecified atom stereocenters. The molecule has 1 fully saturated rings. The molecule has 1 aromatic rings. The summed E-state index contributed by atoms with van der Waals surface area (Å²) in [7, 11) is -3.47. The number of carbonyl (C=O) groups excluding carboxylic acids is 2. The van der Waals surface area contributed by atoms with E-state index in [1.165, 1.54) is 15.6 Å². The van der Waals surface area contributed by atoms with E-state index in [2.05, 4.69) is 5.32 Å². The molecule has 1 aliphatic rings. The summed E-state index contributed by atoms with van der Waals surface area (Å²) in [6, 6.07) is 3.29. The van der Waals surface area contributed by atoms with E-state index in [-0.39, 0.29) is 32.0 Å². The molecule has 10 heteroatoms. The number of piperazine rings is 1.